The Hall–Kier alpha value is -3.15. The van der Waals surface area contributed by atoms with Gasteiger partial charge in [-0.05, 0) is 30.4 Å². The summed E-state index contributed by atoms with van der Waals surface area (Å²) in [6.07, 6.45) is 5.77. The van der Waals surface area contributed by atoms with Crippen molar-refractivity contribution in [1.82, 2.24) is 19.6 Å². The van der Waals surface area contributed by atoms with Crippen LogP contribution in [0.3, 0.4) is 0 Å². The van der Waals surface area contributed by atoms with Crippen molar-refractivity contribution in [2.75, 3.05) is 18.1 Å². The Balaban J connectivity index is 1.40. The summed E-state index contributed by atoms with van der Waals surface area (Å²) in [5, 5.41) is 10.4. The van der Waals surface area contributed by atoms with Gasteiger partial charge in [-0.3, -0.25) is 4.40 Å². The summed E-state index contributed by atoms with van der Waals surface area (Å²) in [5.74, 6) is 2.64. The molecule has 0 radical (unpaired) electrons. The smallest absolute Gasteiger partial charge is 0.256 e. The molecule has 1 fully saturated rings. The van der Waals surface area contributed by atoms with E-state index in [0.717, 1.165) is 36.3 Å². The molecule has 26 heavy (non-hydrogen) atoms. The molecule has 1 aliphatic heterocycles. The van der Waals surface area contributed by atoms with Crippen molar-refractivity contribution in [2.45, 2.75) is 18.9 Å². The maximum absolute atomic E-state index is 6.25. The summed E-state index contributed by atoms with van der Waals surface area (Å²) in [6.45, 7) is 1.65. The van der Waals surface area contributed by atoms with Crippen LogP contribution in [0.1, 0.15) is 12.8 Å². The molecule has 5 rings (SSSR count). The third kappa shape index (κ3) is 2.54. The molecule has 0 bridgehead atoms. The zero-order chi connectivity index (χ0) is 17.3. The fraction of sp³-hybridized carbons (Fsp3) is 0.250. The van der Waals surface area contributed by atoms with E-state index in [9.17, 15) is 0 Å². The standard InChI is InChI=1S/C20H19N5O/c1-2-8-17-15(5-1)6-3-9-18(17)26-13-16-7-4-12-24(16)19-10-11-21-20-23-22-14-25(19)20/h1-3,5-6,8-11,14,16H,4,7,12-13H2/t16-/m1/s1. The van der Waals surface area contributed by atoms with Gasteiger partial charge in [-0.1, -0.05) is 36.4 Å². The van der Waals surface area contributed by atoms with E-state index in [0.29, 0.717) is 18.4 Å². The number of nitrogens with zero attached hydrogens (tertiary/aromatic N) is 5. The molecule has 4 aromatic rings. The molecule has 1 aliphatic rings. The van der Waals surface area contributed by atoms with Crippen LogP contribution in [-0.2, 0) is 0 Å². The van der Waals surface area contributed by atoms with Crippen molar-refractivity contribution in [2.24, 2.45) is 0 Å². The first-order chi connectivity index (χ1) is 12.9. The first-order valence-electron chi connectivity index (χ1n) is 8.92. The van der Waals surface area contributed by atoms with Crippen LogP contribution in [0.5, 0.6) is 5.75 Å². The molecule has 1 atom stereocenters. The largest absolute Gasteiger partial charge is 0.491 e. The Morgan fingerprint density at radius 1 is 1.08 bits per heavy atom. The third-order valence-electron chi connectivity index (χ3n) is 5.04. The van der Waals surface area contributed by atoms with E-state index in [1.54, 1.807) is 12.5 Å². The van der Waals surface area contributed by atoms with Crippen LogP contribution in [0.25, 0.3) is 16.6 Å². The number of hydrogen-bond donors (Lipinski definition) is 0. The molecule has 0 spiro atoms. The lowest BCUT2D eigenvalue weighted by Gasteiger charge is -2.27. The van der Waals surface area contributed by atoms with Crippen LogP contribution in [0.2, 0.25) is 0 Å². The van der Waals surface area contributed by atoms with Gasteiger partial charge in [0.1, 0.15) is 24.5 Å². The Labute approximate surface area is 151 Å². The Morgan fingerprint density at radius 3 is 3.00 bits per heavy atom. The Morgan fingerprint density at radius 2 is 2.00 bits per heavy atom. The average molecular weight is 345 g/mol. The van der Waals surface area contributed by atoms with E-state index in [2.05, 4.69) is 50.4 Å². The minimum Gasteiger partial charge on any atom is -0.491 e. The van der Waals surface area contributed by atoms with Crippen LogP contribution >= 0.6 is 0 Å². The van der Waals surface area contributed by atoms with Crippen LogP contribution in [-0.4, -0.2) is 38.8 Å². The van der Waals surface area contributed by atoms with Gasteiger partial charge in [0.05, 0.1) is 6.04 Å². The fourth-order valence-corrected chi connectivity index (χ4v) is 3.78. The van der Waals surface area contributed by atoms with Crippen molar-refractivity contribution >= 4 is 22.4 Å². The highest BCUT2D eigenvalue weighted by Gasteiger charge is 2.27. The maximum Gasteiger partial charge on any atom is 0.256 e. The summed E-state index contributed by atoms with van der Waals surface area (Å²) >= 11 is 0. The molecule has 0 unspecified atom stereocenters. The minimum absolute atomic E-state index is 0.321. The summed E-state index contributed by atoms with van der Waals surface area (Å²) in [7, 11) is 0. The minimum atomic E-state index is 0.321. The van der Waals surface area contributed by atoms with E-state index in [-0.39, 0.29) is 0 Å². The molecule has 130 valence electrons. The van der Waals surface area contributed by atoms with Crippen LogP contribution in [0.4, 0.5) is 5.82 Å². The second kappa shape index (κ2) is 6.29. The van der Waals surface area contributed by atoms with E-state index in [4.69, 9.17) is 4.74 Å². The molecule has 6 heteroatoms. The van der Waals surface area contributed by atoms with Crippen LogP contribution < -0.4 is 9.64 Å². The van der Waals surface area contributed by atoms with Gasteiger partial charge in [-0.25, -0.2) is 4.98 Å². The quantitative estimate of drug-likeness (QED) is 0.568. The molecular weight excluding hydrogens is 326 g/mol. The zero-order valence-electron chi connectivity index (χ0n) is 14.3. The number of anilines is 1. The van der Waals surface area contributed by atoms with E-state index < -0.39 is 0 Å². The van der Waals surface area contributed by atoms with Crippen molar-refractivity contribution in [3.63, 3.8) is 0 Å². The number of fused-ring (bicyclic) bond motifs is 2. The summed E-state index contributed by atoms with van der Waals surface area (Å²) in [5.41, 5.74) is 0. The lowest BCUT2D eigenvalue weighted by molar-refractivity contribution is 0.291. The second-order valence-corrected chi connectivity index (χ2v) is 6.58. The summed E-state index contributed by atoms with van der Waals surface area (Å²) in [6, 6.07) is 16.9. The maximum atomic E-state index is 6.25. The van der Waals surface area contributed by atoms with Gasteiger partial charge >= 0.3 is 0 Å². The van der Waals surface area contributed by atoms with Gasteiger partial charge in [0.2, 0.25) is 0 Å². The highest BCUT2D eigenvalue weighted by Crippen LogP contribution is 2.29. The van der Waals surface area contributed by atoms with Gasteiger partial charge in [0.15, 0.2) is 0 Å². The predicted molar refractivity (Wildman–Crippen MR) is 101 cm³/mol. The van der Waals surface area contributed by atoms with Crippen molar-refractivity contribution in [1.29, 1.82) is 0 Å². The Kier molecular flexibility index (Phi) is 3.66. The van der Waals surface area contributed by atoms with Crippen molar-refractivity contribution < 1.29 is 4.74 Å². The number of ether oxygens (including phenoxy) is 1. The molecule has 2 aromatic heterocycles. The molecule has 0 N–H and O–H groups in total. The molecular formula is C20H19N5O. The van der Waals surface area contributed by atoms with Gasteiger partial charge in [-0.15, -0.1) is 10.2 Å². The number of hydrogen-bond acceptors (Lipinski definition) is 5. The van der Waals surface area contributed by atoms with E-state index >= 15 is 0 Å². The van der Waals surface area contributed by atoms with Crippen molar-refractivity contribution in [3.05, 3.63) is 61.1 Å². The van der Waals surface area contributed by atoms with Crippen LogP contribution in [0.15, 0.2) is 61.1 Å². The van der Waals surface area contributed by atoms with Crippen molar-refractivity contribution in [3.8, 4) is 5.75 Å². The molecule has 0 aliphatic carbocycles. The Bertz CT molecular complexity index is 1050. The number of aromatic nitrogens is 4. The van der Waals surface area contributed by atoms with Gasteiger partial charge < -0.3 is 9.64 Å². The number of rotatable bonds is 4. The molecule has 3 heterocycles. The molecule has 2 aromatic carbocycles. The molecule has 0 amide bonds. The van der Waals surface area contributed by atoms with Gasteiger partial charge in [0, 0.05) is 18.1 Å². The van der Waals surface area contributed by atoms with Gasteiger partial charge in [-0.2, -0.15) is 0 Å². The molecule has 0 saturated carbocycles. The lowest BCUT2D eigenvalue weighted by atomic mass is 10.1. The third-order valence-corrected chi connectivity index (χ3v) is 5.04. The monoisotopic (exact) mass is 345 g/mol. The number of benzene rings is 2. The highest BCUT2D eigenvalue weighted by atomic mass is 16.5. The predicted octanol–water partition coefficient (Wildman–Crippen LogP) is 3.33. The lowest BCUT2D eigenvalue weighted by Crippen LogP contribution is -2.35. The SMILES string of the molecule is c1ccc2c(OC[C@H]3CCCN3c3ccnc4nncn34)cccc2c1. The van der Waals surface area contributed by atoms with E-state index in [1.807, 2.05) is 22.6 Å². The van der Waals surface area contributed by atoms with Gasteiger partial charge in [0.25, 0.3) is 5.78 Å². The zero-order valence-corrected chi connectivity index (χ0v) is 14.3. The average Bonchev–Trinajstić information content (AvgIpc) is 3.35. The first-order valence-corrected chi connectivity index (χ1v) is 8.92. The summed E-state index contributed by atoms with van der Waals surface area (Å²) in [4.78, 5) is 6.64. The van der Waals surface area contributed by atoms with Crippen LogP contribution in [0, 0.1) is 0 Å². The topological polar surface area (TPSA) is 55.5 Å². The molecule has 1 saturated heterocycles. The first kappa shape index (κ1) is 15.1. The fourth-order valence-electron chi connectivity index (χ4n) is 3.78. The summed E-state index contributed by atoms with van der Waals surface area (Å²) < 4.78 is 8.19. The molecule has 6 nitrogen and oxygen atoms in total. The normalized spacial score (nSPS) is 17.2. The van der Waals surface area contributed by atoms with E-state index in [1.165, 1.54) is 5.39 Å². The highest BCUT2D eigenvalue weighted by molar-refractivity contribution is 5.88. The second-order valence-electron chi connectivity index (χ2n) is 6.58.